The maximum Gasteiger partial charge on any atom is 0.253 e. The largest absolute Gasteiger partial charge is 0.370 e. The molecule has 14 heavy (non-hydrogen) atoms. The number of hydrogen-bond donors (Lipinski definition) is 1. The van der Waals surface area contributed by atoms with Gasteiger partial charge in [-0.05, 0) is 0 Å². The minimum absolute atomic E-state index is 0.0910. The van der Waals surface area contributed by atoms with Gasteiger partial charge in [0.25, 0.3) is 5.91 Å². The molecule has 1 aliphatic heterocycles. The molecule has 1 amide bonds. The Bertz CT molecular complexity index is 221. The van der Waals surface area contributed by atoms with E-state index >= 15 is 0 Å². The fraction of sp³-hybridized carbons (Fsp3) is 0.875. The summed E-state index contributed by atoms with van der Waals surface area (Å²) in [5.74, 6) is 1.03. The van der Waals surface area contributed by atoms with Crippen molar-refractivity contribution in [2.45, 2.75) is 6.10 Å². The van der Waals surface area contributed by atoms with Gasteiger partial charge in [0, 0.05) is 49.0 Å². The van der Waals surface area contributed by atoms with Gasteiger partial charge in [0.15, 0.2) is 0 Å². The molecule has 0 aromatic heterocycles. The first kappa shape index (κ1) is 11.6. The van der Waals surface area contributed by atoms with Gasteiger partial charge < -0.3 is 15.4 Å². The predicted molar refractivity (Wildman–Crippen MR) is 54.3 cm³/mol. The average molecular weight is 220 g/mol. The topological polar surface area (TPSA) is 72.6 Å². The quantitative estimate of drug-likeness (QED) is 0.631. The molecule has 5 nitrogen and oxygen atoms in total. The summed E-state index contributed by atoms with van der Waals surface area (Å²) >= 11 is 0. The van der Waals surface area contributed by atoms with Crippen LogP contribution in [0.2, 0.25) is 0 Å². The number of carbonyl (C=O) groups is 1. The van der Waals surface area contributed by atoms with Crippen molar-refractivity contribution in [3.05, 3.63) is 0 Å². The molecule has 0 aliphatic carbocycles. The Morgan fingerprint density at radius 1 is 1.57 bits per heavy atom. The SMILES string of the molecule is COC(CN)C(=O)N1CCS(=O)CC1. The molecule has 0 bridgehead atoms. The number of methoxy groups -OCH3 is 1. The van der Waals surface area contributed by atoms with Crippen molar-refractivity contribution in [2.24, 2.45) is 5.73 Å². The monoisotopic (exact) mass is 220 g/mol. The Hall–Kier alpha value is -0.460. The van der Waals surface area contributed by atoms with E-state index in [1.807, 2.05) is 0 Å². The minimum Gasteiger partial charge on any atom is -0.370 e. The highest BCUT2D eigenvalue weighted by molar-refractivity contribution is 7.85. The molecule has 1 aliphatic rings. The van der Waals surface area contributed by atoms with Gasteiger partial charge >= 0.3 is 0 Å². The highest BCUT2D eigenvalue weighted by Crippen LogP contribution is 2.03. The first-order valence-corrected chi connectivity index (χ1v) is 6.04. The lowest BCUT2D eigenvalue weighted by molar-refractivity contribution is -0.140. The lowest BCUT2D eigenvalue weighted by Gasteiger charge is -2.29. The number of nitrogens with zero attached hydrogens (tertiary/aromatic N) is 1. The van der Waals surface area contributed by atoms with E-state index in [2.05, 4.69) is 0 Å². The molecule has 0 aromatic rings. The van der Waals surface area contributed by atoms with Crippen LogP contribution in [0.15, 0.2) is 0 Å². The molecule has 1 fully saturated rings. The third-order valence-corrected chi connectivity index (χ3v) is 3.54. The standard InChI is InChI=1S/C8H16N2O3S/c1-13-7(6-9)8(11)10-2-4-14(12)5-3-10/h7H,2-6,9H2,1H3. The third kappa shape index (κ3) is 2.76. The number of hydrogen-bond acceptors (Lipinski definition) is 4. The smallest absolute Gasteiger partial charge is 0.253 e. The number of rotatable bonds is 3. The summed E-state index contributed by atoms with van der Waals surface area (Å²) in [6.45, 7) is 1.28. The van der Waals surface area contributed by atoms with Crippen LogP contribution in [0.3, 0.4) is 0 Å². The summed E-state index contributed by atoms with van der Waals surface area (Å²) in [6, 6.07) is 0. The van der Waals surface area contributed by atoms with E-state index in [4.69, 9.17) is 10.5 Å². The van der Waals surface area contributed by atoms with E-state index in [0.717, 1.165) is 0 Å². The molecular weight excluding hydrogens is 204 g/mol. The lowest BCUT2D eigenvalue weighted by atomic mass is 10.3. The van der Waals surface area contributed by atoms with Gasteiger partial charge in [-0.1, -0.05) is 0 Å². The Balaban J connectivity index is 2.48. The van der Waals surface area contributed by atoms with Gasteiger partial charge in [0.2, 0.25) is 0 Å². The highest BCUT2D eigenvalue weighted by atomic mass is 32.2. The van der Waals surface area contributed by atoms with Gasteiger partial charge in [-0.2, -0.15) is 0 Å². The summed E-state index contributed by atoms with van der Waals surface area (Å²) in [5, 5.41) is 0. The average Bonchev–Trinajstić information content (AvgIpc) is 2.20. The second-order valence-corrected chi connectivity index (χ2v) is 4.83. The van der Waals surface area contributed by atoms with Crippen LogP contribution in [0.1, 0.15) is 0 Å². The van der Waals surface area contributed by atoms with Crippen molar-refractivity contribution in [3.8, 4) is 0 Å². The Morgan fingerprint density at radius 3 is 2.57 bits per heavy atom. The first-order valence-electron chi connectivity index (χ1n) is 4.55. The molecule has 0 radical (unpaired) electrons. The van der Waals surface area contributed by atoms with Crippen molar-refractivity contribution in [2.75, 3.05) is 38.2 Å². The van der Waals surface area contributed by atoms with Crippen LogP contribution in [-0.2, 0) is 20.3 Å². The molecule has 0 saturated carbocycles. The van der Waals surface area contributed by atoms with Crippen molar-refractivity contribution < 1.29 is 13.7 Å². The van der Waals surface area contributed by atoms with Crippen LogP contribution < -0.4 is 5.73 Å². The second-order valence-electron chi connectivity index (χ2n) is 3.13. The zero-order chi connectivity index (χ0) is 10.6. The van der Waals surface area contributed by atoms with E-state index in [1.165, 1.54) is 7.11 Å². The van der Waals surface area contributed by atoms with E-state index in [1.54, 1.807) is 4.90 Å². The Morgan fingerprint density at radius 2 is 2.14 bits per heavy atom. The molecule has 1 atom stereocenters. The van der Waals surface area contributed by atoms with Crippen LogP contribution >= 0.6 is 0 Å². The summed E-state index contributed by atoms with van der Waals surface area (Å²) in [4.78, 5) is 13.4. The second kappa shape index (κ2) is 5.43. The molecule has 1 saturated heterocycles. The first-order chi connectivity index (χ1) is 6.69. The fourth-order valence-electron chi connectivity index (χ4n) is 1.36. The maximum atomic E-state index is 11.7. The fourth-order valence-corrected chi connectivity index (χ4v) is 2.41. The molecule has 6 heteroatoms. The van der Waals surface area contributed by atoms with Crippen molar-refractivity contribution in [3.63, 3.8) is 0 Å². The third-order valence-electron chi connectivity index (χ3n) is 2.26. The van der Waals surface area contributed by atoms with Gasteiger partial charge in [-0.25, -0.2) is 0 Å². The molecule has 0 spiro atoms. The van der Waals surface area contributed by atoms with Crippen molar-refractivity contribution in [1.82, 2.24) is 4.90 Å². The van der Waals surface area contributed by atoms with E-state index in [-0.39, 0.29) is 12.5 Å². The van der Waals surface area contributed by atoms with E-state index < -0.39 is 16.9 Å². The summed E-state index contributed by atoms with van der Waals surface area (Å²) in [5.41, 5.74) is 5.39. The highest BCUT2D eigenvalue weighted by Gasteiger charge is 2.25. The van der Waals surface area contributed by atoms with Crippen molar-refractivity contribution >= 4 is 16.7 Å². The summed E-state index contributed by atoms with van der Waals surface area (Å²) in [7, 11) is 0.709. The van der Waals surface area contributed by atoms with Crippen LogP contribution in [0.5, 0.6) is 0 Å². The van der Waals surface area contributed by atoms with Gasteiger partial charge in [-0.15, -0.1) is 0 Å². The Kier molecular flexibility index (Phi) is 4.50. The number of ether oxygens (including phenoxy) is 1. The van der Waals surface area contributed by atoms with Crippen molar-refractivity contribution in [1.29, 1.82) is 0 Å². The maximum absolute atomic E-state index is 11.7. The van der Waals surface area contributed by atoms with E-state index in [0.29, 0.717) is 24.6 Å². The normalized spacial score (nSPS) is 20.9. The molecule has 1 rings (SSSR count). The van der Waals surface area contributed by atoms with Gasteiger partial charge in [0.1, 0.15) is 6.10 Å². The predicted octanol–water partition coefficient (Wildman–Crippen LogP) is -1.45. The van der Waals surface area contributed by atoms with Gasteiger partial charge in [0.05, 0.1) is 0 Å². The molecule has 1 heterocycles. The zero-order valence-corrected chi connectivity index (χ0v) is 9.09. The van der Waals surface area contributed by atoms with E-state index in [9.17, 15) is 9.00 Å². The molecule has 82 valence electrons. The molecular formula is C8H16N2O3S. The van der Waals surface area contributed by atoms with Crippen LogP contribution in [-0.4, -0.2) is 59.4 Å². The Labute approximate surface area is 86.0 Å². The van der Waals surface area contributed by atoms with Crippen LogP contribution in [0, 0.1) is 0 Å². The molecule has 0 aromatic carbocycles. The van der Waals surface area contributed by atoms with Crippen LogP contribution in [0.4, 0.5) is 0 Å². The minimum atomic E-state index is -0.761. The molecule has 2 N–H and O–H groups in total. The van der Waals surface area contributed by atoms with Gasteiger partial charge in [-0.3, -0.25) is 9.00 Å². The number of amides is 1. The number of nitrogens with two attached hydrogens (primary N) is 1. The lowest BCUT2D eigenvalue weighted by Crippen LogP contribution is -2.48. The van der Waals surface area contributed by atoms with Crippen LogP contribution in [0.25, 0.3) is 0 Å². The number of carbonyl (C=O) groups excluding carboxylic acids is 1. The summed E-state index contributed by atoms with van der Waals surface area (Å²) in [6.07, 6.45) is -0.554. The molecule has 1 unspecified atom stereocenters. The zero-order valence-electron chi connectivity index (χ0n) is 8.27. The summed E-state index contributed by atoms with van der Waals surface area (Å²) < 4.78 is 16.0.